The fourth-order valence-electron chi connectivity index (χ4n) is 6.54. The highest BCUT2D eigenvalue weighted by Crippen LogP contribution is 2.39. The van der Waals surface area contributed by atoms with Crippen LogP contribution in [0.2, 0.25) is 0 Å². The number of methoxy groups -OCH3 is 2. The molecular weight excluding hydrogens is 541 g/mol. The number of benzene rings is 1. The number of nitrogens with zero attached hydrogens (tertiary/aromatic N) is 2. The van der Waals surface area contributed by atoms with Gasteiger partial charge in [0.05, 0.1) is 20.3 Å². The minimum absolute atomic E-state index is 0.00407. The summed E-state index contributed by atoms with van der Waals surface area (Å²) < 4.78 is 37.7. The minimum atomic E-state index is -1.01. The van der Waals surface area contributed by atoms with E-state index in [2.05, 4.69) is 11.4 Å². The van der Waals surface area contributed by atoms with E-state index in [4.69, 9.17) is 23.9 Å². The molecule has 0 amide bonds. The van der Waals surface area contributed by atoms with E-state index in [0.29, 0.717) is 38.5 Å². The molecule has 10 heteroatoms. The van der Waals surface area contributed by atoms with Crippen LogP contribution in [0.1, 0.15) is 79.3 Å². The van der Waals surface area contributed by atoms with Crippen LogP contribution in [0.15, 0.2) is 18.2 Å². The average molecular weight is 586 g/mol. The maximum absolute atomic E-state index is 15.1. The lowest BCUT2D eigenvalue weighted by Gasteiger charge is -2.28. The van der Waals surface area contributed by atoms with Gasteiger partial charge < -0.3 is 29.4 Å². The number of ether oxygens (including phenoxy) is 4. The Morgan fingerprint density at radius 2 is 2.00 bits per heavy atom. The molecule has 1 aromatic carbocycles. The van der Waals surface area contributed by atoms with Crippen LogP contribution in [0.3, 0.4) is 0 Å². The van der Waals surface area contributed by atoms with Gasteiger partial charge in [0.1, 0.15) is 17.6 Å². The monoisotopic (exact) mass is 585 g/mol. The van der Waals surface area contributed by atoms with Gasteiger partial charge in [-0.15, -0.1) is 0 Å². The van der Waals surface area contributed by atoms with Crippen molar-refractivity contribution in [2.75, 3.05) is 59.0 Å². The molecule has 0 bridgehead atoms. The number of carboxylic acids is 1. The molecule has 2 N–H and O–H groups in total. The van der Waals surface area contributed by atoms with Crippen LogP contribution in [-0.4, -0.2) is 80.7 Å². The summed E-state index contributed by atoms with van der Waals surface area (Å²) in [7, 11) is 3.10. The number of carbonyl (C=O) groups is 1. The fourth-order valence-corrected chi connectivity index (χ4v) is 6.54. The summed E-state index contributed by atoms with van der Waals surface area (Å²) in [4.78, 5) is 19.2. The van der Waals surface area contributed by atoms with Crippen molar-refractivity contribution in [1.29, 1.82) is 0 Å². The van der Waals surface area contributed by atoms with Crippen LogP contribution in [0.25, 0.3) is 0 Å². The first-order chi connectivity index (χ1) is 20.5. The molecule has 4 heterocycles. The number of aryl methyl sites for hydroxylation is 1. The van der Waals surface area contributed by atoms with Crippen molar-refractivity contribution in [2.24, 2.45) is 0 Å². The highest BCUT2D eigenvalue weighted by Gasteiger charge is 2.37. The summed E-state index contributed by atoms with van der Waals surface area (Å²) in [5, 5.41) is 13.6. The molecular formula is C32H44FN3O6. The van der Waals surface area contributed by atoms with Gasteiger partial charge in [-0.1, -0.05) is 6.42 Å². The third kappa shape index (κ3) is 7.15. The van der Waals surface area contributed by atoms with Gasteiger partial charge in [-0.05, 0) is 75.0 Å². The molecule has 5 rings (SSSR count). The van der Waals surface area contributed by atoms with Crippen LogP contribution in [0.5, 0.6) is 11.5 Å². The Kier molecular flexibility index (Phi) is 10.5. The number of halogens is 1. The zero-order chi connectivity index (χ0) is 29.5. The molecule has 9 nitrogen and oxygen atoms in total. The molecule has 0 saturated carbocycles. The fraction of sp³-hybridized carbons (Fsp3) is 0.625. The van der Waals surface area contributed by atoms with E-state index in [1.807, 2.05) is 11.0 Å². The van der Waals surface area contributed by atoms with Crippen LogP contribution >= 0.6 is 0 Å². The van der Waals surface area contributed by atoms with E-state index in [-0.39, 0.29) is 17.8 Å². The number of rotatable bonds is 13. The number of carboxylic acid groups (broad SMARTS) is 1. The lowest BCUT2D eigenvalue weighted by atomic mass is 9.89. The van der Waals surface area contributed by atoms with Crippen molar-refractivity contribution in [3.8, 4) is 11.5 Å². The maximum atomic E-state index is 15.1. The van der Waals surface area contributed by atoms with Gasteiger partial charge in [0.25, 0.3) is 0 Å². The summed E-state index contributed by atoms with van der Waals surface area (Å²) >= 11 is 0. The number of hydrogen-bond acceptors (Lipinski definition) is 8. The molecule has 0 aliphatic carbocycles. The zero-order valence-corrected chi connectivity index (χ0v) is 24.8. The summed E-state index contributed by atoms with van der Waals surface area (Å²) in [6, 6.07) is 4.38. The topological polar surface area (TPSA) is 102 Å². The summed E-state index contributed by atoms with van der Waals surface area (Å²) in [6.45, 7) is 3.86. The van der Waals surface area contributed by atoms with E-state index in [1.54, 1.807) is 7.11 Å². The lowest BCUT2D eigenvalue weighted by Crippen LogP contribution is -2.34. The van der Waals surface area contributed by atoms with Crippen molar-refractivity contribution >= 4 is 11.8 Å². The van der Waals surface area contributed by atoms with Crippen LogP contribution in [0.4, 0.5) is 10.2 Å². The molecule has 2 fully saturated rings. The van der Waals surface area contributed by atoms with E-state index < -0.39 is 17.8 Å². The molecule has 2 atom stereocenters. The number of aliphatic carboxylic acids is 1. The van der Waals surface area contributed by atoms with Crippen LogP contribution in [-0.2, 0) is 27.1 Å². The molecule has 2 saturated heterocycles. The number of hydrogen-bond donors (Lipinski definition) is 2. The summed E-state index contributed by atoms with van der Waals surface area (Å²) in [5.41, 5.74) is 3.40. The van der Waals surface area contributed by atoms with Gasteiger partial charge >= 0.3 is 5.97 Å². The molecule has 3 aliphatic heterocycles. The molecule has 1 unspecified atom stereocenters. The second-order valence-corrected chi connectivity index (χ2v) is 11.5. The Balaban J connectivity index is 1.12. The van der Waals surface area contributed by atoms with Crippen molar-refractivity contribution in [3.05, 3.63) is 46.4 Å². The average Bonchev–Trinajstić information content (AvgIpc) is 3.46. The number of anilines is 1. The van der Waals surface area contributed by atoms with E-state index in [9.17, 15) is 9.90 Å². The zero-order valence-electron chi connectivity index (χ0n) is 24.8. The maximum Gasteiger partial charge on any atom is 0.325 e. The Morgan fingerprint density at radius 3 is 2.76 bits per heavy atom. The molecule has 42 heavy (non-hydrogen) atoms. The number of likely N-dealkylation sites (tertiary alicyclic amines) is 1. The minimum Gasteiger partial charge on any atom is -0.496 e. The Morgan fingerprint density at radius 1 is 1.17 bits per heavy atom. The van der Waals surface area contributed by atoms with Crippen LogP contribution < -0.4 is 14.8 Å². The Bertz CT molecular complexity index is 1200. The van der Waals surface area contributed by atoms with Gasteiger partial charge in [-0.2, -0.15) is 0 Å². The second kappa shape index (κ2) is 14.5. The summed E-state index contributed by atoms with van der Waals surface area (Å²) in [5.74, 6) is 0.495. The highest BCUT2D eigenvalue weighted by atomic mass is 19.1. The Labute approximate surface area is 247 Å². The van der Waals surface area contributed by atoms with Crippen molar-refractivity contribution < 1.29 is 33.2 Å². The smallest absolute Gasteiger partial charge is 0.325 e. The standard InChI is InChI=1S/C32H44FN3O6/c1-39-28-19-23(35-31-25(28)8-6-12-34-31)7-4-3-5-14-42-24-9-13-36(20-24)29(32(37)38)26-17-22(18-27(33)30(26)40-2)21-10-15-41-16-11-21/h17-19,21,24,29H,3-16,20H2,1-2H3,(H,34,35)(H,37,38)/t24-,29?/m1/s1. The molecule has 230 valence electrons. The largest absolute Gasteiger partial charge is 0.496 e. The van der Waals surface area contributed by atoms with E-state index in [1.165, 1.54) is 18.7 Å². The predicted octanol–water partition coefficient (Wildman–Crippen LogP) is 5.12. The third-order valence-corrected chi connectivity index (χ3v) is 8.74. The Hall–Kier alpha value is -2.95. The third-order valence-electron chi connectivity index (χ3n) is 8.74. The molecule has 3 aliphatic rings. The first-order valence-corrected chi connectivity index (χ1v) is 15.3. The van der Waals surface area contributed by atoms with Gasteiger partial charge in [0, 0.05) is 62.3 Å². The summed E-state index contributed by atoms with van der Waals surface area (Å²) in [6.07, 6.45) is 8.17. The van der Waals surface area contributed by atoms with Gasteiger partial charge in [0.2, 0.25) is 0 Å². The number of pyridine rings is 1. The number of fused-ring (bicyclic) bond motifs is 1. The van der Waals surface area contributed by atoms with Gasteiger partial charge in [-0.25, -0.2) is 9.37 Å². The highest BCUT2D eigenvalue weighted by molar-refractivity contribution is 5.77. The molecule has 1 aromatic heterocycles. The van der Waals surface area contributed by atoms with Crippen molar-refractivity contribution in [2.45, 2.75) is 75.9 Å². The normalized spacial score (nSPS) is 20.1. The SMILES string of the molecule is COc1cc(CCCCCO[C@@H]2CCN(C(C(=O)O)c3cc(C4CCOCC4)cc(F)c3OC)C2)nc2c1CCCN2. The quantitative estimate of drug-likeness (QED) is 0.310. The van der Waals surface area contributed by atoms with Crippen molar-refractivity contribution in [3.63, 3.8) is 0 Å². The van der Waals surface area contributed by atoms with Gasteiger partial charge in [0.15, 0.2) is 11.6 Å². The first-order valence-electron chi connectivity index (χ1n) is 15.3. The molecule has 2 aromatic rings. The van der Waals surface area contributed by atoms with Crippen LogP contribution in [0, 0.1) is 5.82 Å². The van der Waals surface area contributed by atoms with E-state index >= 15 is 4.39 Å². The lowest BCUT2D eigenvalue weighted by molar-refractivity contribution is -0.143. The first kappa shape index (κ1) is 30.5. The number of nitrogens with one attached hydrogen (secondary N) is 1. The van der Waals surface area contributed by atoms with Gasteiger partial charge in [-0.3, -0.25) is 9.69 Å². The number of unbranched alkanes of at least 4 members (excludes halogenated alkanes) is 2. The molecule has 0 spiro atoms. The second-order valence-electron chi connectivity index (χ2n) is 11.5. The number of aromatic nitrogens is 1. The van der Waals surface area contributed by atoms with E-state index in [0.717, 1.165) is 87.2 Å². The molecule has 0 radical (unpaired) electrons. The van der Waals surface area contributed by atoms with Crippen molar-refractivity contribution in [1.82, 2.24) is 9.88 Å². The predicted molar refractivity (Wildman–Crippen MR) is 157 cm³/mol.